The number of carbonyl (C=O) groups excluding carboxylic acids is 2. The zero-order valence-corrected chi connectivity index (χ0v) is 16.9. The Kier molecular flexibility index (Phi) is 5.88. The molecule has 0 bridgehead atoms. The monoisotopic (exact) mass is 404 g/mol. The highest BCUT2D eigenvalue weighted by molar-refractivity contribution is 5.98. The van der Waals surface area contributed by atoms with E-state index in [1.54, 1.807) is 12.1 Å². The number of nitrogens with one attached hydrogen (secondary N) is 1. The largest absolute Gasteiger partial charge is 0.376 e. The van der Waals surface area contributed by atoms with E-state index in [4.69, 9.17) is 9.47 Å². The van der Waals surface area contributed by atoms with Gasteiger partial charge in [-0.2, -0.15) is 0 Å². The molecular weight excluding hydrogens is 375 g/mol. The van der Waals surface area contributed by atoms with E-state index in [2.05, 4.69) is 12.2 Å². The molecule has 2 saturated heterocycles. The van der Waals surface area contributed by atoms with Crippen LogP contribution in [-0.4, -0.2) is 54.3 Å². The molecule has 7 heteroatoms. The maximum atomic E-state index is 14.4. The third-order valence-electron chi connectivity index (χ3n) is 6.35. The van der Waals surface area contributed by atoms with E-state index in [0.29, 0.717) is 31.9 Å². The zero-order chi connectivity index (χ0) is 20.4. The molecular formula is C22H29FN2O4. The molecule has 1 aromatic carbocycles. The second kappa shape index (κ2) is 8.40. The first-order valence-electron chi connectivity index (χ1n) is 10.6. The van der Waals surface area contributed by atoms with Crippen molar-refractivity contribution < 1.29 is 23.5 Å². The number of nitrogens with zero attached hydrogens (tertiary/aromatic N) is 1. The van der Waals surface area contributed by atoms with E-state index in [0.717, 1.165) is 25.7 Å². The van der Waals surface area contributed by atoms with Crippen LogP contribution in [0, 0.1) is 11.7 Å². The van der Waals surface area contributed by atoms with Crippen LogP contribution in [0.4, 0.5) is 4.39 Å². The van der Waals surface area contributed by atoms with Gasteiger partial charge in [-0.1, -0.05) is 25.5 Å². The third kappa shape index (κ3) is 4.03. The Morgan fingerprint density at radius 1 is 1.28 bits per heavy atom. The lowest BCUT2D eigenvalue weighted by Gasteiger charge is -2.43. The van der Waals surface area contributed by atoms with Crippen LogP contribution in [0.2, 0.25) is 0 Å². The van der Waals surface area contributed by atoms with E-state index in [9.17, 15) is 14.0 Å². The SMILES string of the molecule is C[C@H]1CCC[C@@]2(C1)OC[C@@H](C(=O)NC[C@@H]1CCCO1)N2C(=O)c1ccccc1F. The fourth-order valence-electron chi connectivity index (χ4n) is 4.91. The molecule has 2 heterocycles. The van der Waals surface area contributed by atoms with Crippen LogP contribution in [0.5, 0.6) is 0 Å². The van der Waals surface area contributed by atoms with Crippen molar-refractivity contribution in [3.05, 3.63) is 35.6 Å². The normalized spacial score (nSPS) is 31.9. The molecule has 1 aromatic rings. The summed E-state index contributed by atoms with van der Waals surface area (Å²) >= 11 is 0. The van der Waals surface area contributed by atoms with Gasteiger partial charge >= 0.3 is 0 Å². The number of amides is 2. The van der Waals surface area contributed by atoms with Gasteiger partial charge in [0, 0.05) is 13.2 Å². The Morgan fingerprint density at radius 3 is 2.83 bits per heavy atom. The molecule has 4 atom stereocenters. The predicted octanol–water partition coefficient (Wildman–Crippen LogP) is 2.87. The fourth-order valence-corrected chi connectivity index (χ4v) is 4.91. The summed E-state index contributed by atoms with van der Waals surface area (Å²) in [5.41, 5.74) is -0.865. The molecule has 1 spiro atoms. The predicted molar refractivity (Wildman–Crippen MR) is 105 cm³/mol. The molecule has 2 amide bonds. The molecule has 3 fully saturated rings. The molecule has 4 rings (SSSR count). The maximum absolute atomic E-state index is 14.4. The molecule has 158 valence electrons. The van der Waals surface area contributed by atoms with Gasteiger partial charge in [-0.05, 0) is 50.2 Å². The third-order valence-corrected chi connectivity index (χ3v) is 6.35. The van der Waals surface area contributed by atoms with Crippen molar-refractivity contribution in [3.8, 4) is 0 Å². The van der Waals surface area contributed by atoms with Crippen molar-refractivity contribution >= 4 is 11.8 Å². The summed E-state index contributed by atoms with van der Waals surface area (Å²) in [4.78, 5) is 28.0. The Hall–Kier alpha value is -1.99. The minimum Gasteiger partial charge on any atom is -0.376 e. The highest BCUT2D eigenvalue weighted by atomic mass is 19.1. The van der Waals surface area contributed by atoms with Gasteiger partial charge < -0.3 is 14.8 Å². The Balaban J connectivity index is 1.59. The van der Waals surface area contributed by atoms with Crippen molar-refractivity contribution in [1.82, 2.24) is 10.2 Å². The van der Waals surface area contributed by atoms with Crippen LogP contribution in [0.3, 0.4) is 0 Å². The van der Waals surface area contributed by atoms with Gasteiger partial charge in [-0.25, -0.2) is 4.39 Å². The lowest BCUT2D eigenvalue weighted by Crippen LogP contribution is -2.57. The molecule has 0 unspecified atom stereocenters. The summed E-state index contributed by atoms with van der Waals surface area (Å²) < 4.78 is 26.1. The maximum Gasteiger partial charge on any atom is 0.259 e. The van der Waals surface area contributed by atoms with Gasteiger partial charge in [0.1, 0.15) is 17.6 Å². The van der Waals surface area contributed by atoms with Crippen molar-refractivity contribution in [3.63, 3.8) is 0 Å². The zero-order valence-electron chi connectivity index (χ0n) is 16.9. The van der Waals surface area contributed by atoms with Gasteiger partial charge in [0.25, 0.3) is 5.91 Å². The van der Waals surface area contributed by atoms with Gasteiger partial charge in [0.2, 0.25) is 5.91 Å². The summed E-state index contributed by atoms with van der Waals surface area (Å²) in [5, 5.41) is 2.92. The number of hydrogen-bond donors (Lipinski definition) is 1. The van der Waals surface area contributed by atoms with Crippen LogP contribution in [0.1, 0.15) is 55.8 Å². The average Bonchev–Trinajstić information content (AvgIpc) is 3.34. The van der Waals surface area contributed by atoms with Crippen LogP contribution in [-0.2, 0) is 14.3 Å². The summed E-state index contributed by atoms with van der Waals surface area (Å²) in [6.07, 6.45) is 5.21. The first kappa shape index (κ1) is 20.3. The topological polar surface area (TPSA) is 67.9 Å². The number of ether oxygens (including phenoxy) is 2. The van der Waals surface area contributed by atoms with Crippen molar-refractivity contribution in [1.29, 1.82) is 0 Å². The van der Waals surface area contributed by atoms with Gasteiger partial charge in [0.05, 0.1) is 18.3 Å². The summed E-state index contributed by atoms with van der Waals surface area (Å²) in [7, 11) is 0. The van der Waals surface area contributed by atoms with E-state index in [1.165, 1.54) is 17.0 Å². The second-order valence-electron chi connectivity index (χ2n) is 8.51. The smallest absolute Gasteiger partial charge is 0.259 e. The first-order valence-corrected chi connectivity index (χ1v) is 10.6. The van der Waals surface area contributed by atoms with Crippen LogP contribution in [0.15, 0.2) is 24.3 Å². The summed E-state index contributed by atoms with van der Waals surface area (Å²) in [6.45, 7) is 3.39. The lowest BCUT2D eigenvalue weighted by atomic mass is 9.83. The number of carbonyl (C=O) groups is 2. The van der Waals surface area contributed by atoms with Crippen molar-refractivity contribution in [2.75, 3.05) is 19.8 Å². The standard InChI is InChI=1S/C22H29FN2O4/c1-15-6-4-10-22(12-15)25(21(27)17-8-2-3-9-18(17)23)19(14-29-22)20(26)24-13-16-7-5-11-28-16/h2-3,8-9,15-16,19H,4-7,10-14H2,1H3,(H,24,26)/t15-,16-,19-,22-/m0/s1. The first-order chi connectivity index (χ1) is 14.0. The number of benzene rings is 1. The van der Waals surface area contributed by atoms with Gasteiger partial charge in [-0.15, -0.1) is 0 Å². The summed E-state index contributed by atoms with van der Waals surface area (Å²) in [6, 6.07) is 5.16. The number of rotatable bonds is 4. The van der Waals surface area contributed by atoms with Crippen molar-refractivity contribution in [2.45, 2.75) is 63.3 Å². The van der Waals surface area contributed by atoms with E-state index >= 15 is 0 Å². The highest BCUT2D eigenvalue weighted by Crippen LogP contribution is 2.43. The van der Waals surface area contributed by atoms with E-state index < -0.39 is 23.5 Å². The highest BCUT2D eigenvalue weighted by Gasteiger charge is 2.54. The lowest BCUT2D eigenvalue weighted by molar-refractivity contribution is -0.128. The fraction of sp³-hybridized carbons (Fsp3) is 0.636. The molecule has 0 aromatic heterocycles. The molecule has 1 saturated carbocycles. The molecule has 1 aliphatic carbocycles. The Morgan fingerprint density at radius 2 is 2.10 bits per heavy atom. The molecule has 1 N–H and O–H groups in total. The van der Waals surface area contributed by atoms with E-state index in [1.807, 2.05) is 0 Å². The minimum atomic E-state index is -0.844. The van der Waals surface area contributed by atoms with Crippen LogP contribution < -0.4 is 5.32 Å². The molecule has 0 radical (unpaired) electrons. The number of hydrogen-bond acceptors (Lipinski definition) is 4. The van der Waals surface area contributed by atoms with Gasteiger partial charge in [0.15, 0.2) is 0 Å². The van der Waals surface area contributed by atoms with E-state index in [-0.39, 0.29) is 24.2 Å². The molecule has 3 aliphatic rings. The second-order valence-corrected chi connectivity index (χ2v) is 8.51. The molecule has 29 heavy (non-hydrogen) atoms. The molecule has 6 nitrogen and oxygen atoms in total. The average molecular weight is 404 g/mol. The van der Waals surface area contributed by atoms with Crippen molar-refractivity contribution in [2.24, 2.45) is 5.92 Å². The van der Waals surface area contributed by atoms with Gasteiger partial charge in [-0.3, -0.25) is 14.5 Å². The Labute approximate surface area is 170 Å². The Bertz CT molecular complexity index is 767. The number of halogens is 1. The van der Waals surface area contributed by atoms with Crippen LogP contribution in [0.25, 0.3) is 0 Å². The summed E-state index contributed by atoms with van der Waals surface area (Å²) in [5.74, 6) is -0.956. The quantitative estimate of drug-likeness (QED) is 0.838. The minimum absolute atomic E-state index is 0.0145. The van der Waals surface area contributed by atoms with Crippen LogP contribution >= 0.6 is 0 Å². The molecule has 2 aliphatic heterocycles.